The van der Waals surface area contributed by atoms with Gasteiger partial charge < -0.3 is 10.1 Å². The first-order valence-electron chi connectivity index (χ1n) is 7.38. The van der Waals surface area contributed by atoms with Gasteiger partial charge in [-0.1, -0.05) is 11.6 Å². The molecule has 1 aromatic heterocycles. The molecule has 0 bridgehead atoms. The van der Waals surface area contributed by atoms with Gasteiger partial charge in [-0.2, -0.15) is 17.0 Å². The van der Waals surface area contributed by atoms with Gasteiger partial charge in [-0.15, -0.1) is 0 Å². The Labute approximate surface area is 149 Å². The first-order chi connectivity index (χ1) is 11.7. The summed E-state index contributed by atoms with van der Waals surface area (Å²) in [7, 11) is 0. The van der Waals surface area contributed by atoms with Crippen LogP contribution in [0, 0.1) is 11.3 Å². The normalized spacial score (nSPS) is 16.4. The van der Waals surface area contributed by atoms with Crippen LogP contribution < -0.4 is 10.1 Å². The van der Waals surface area contributed by atoms with Crippen LogP contribution >= 0.6 is 23.4 Å². The Kier molecular flexibility index (Phi) is 5.24. The van der Waals surface area contributed by atoms with Crippen LogP contribution in [-0.4, -0.2) is 28.5 Å². The molecule has 0 aliphatic carbocycles. The van der Waals surface area contributed by atoms with Crippen molar-refractivity contribution < 1.29 is 9.53 Å². The molecule has 1 aliphatic heterocycles. The second-order valence-electron chi connectivity index (χ2n) is 5.22. The number of amides is 1. The number of hydrogen-bond acceptors (Lipinski definition) is 5. The van der Waals surface area contributed by atoms with Crippen molar-refractivity contribution in [1.29, 1.82) is 5.26 Å². The number of nitriles is 1. The SMILES string of the molecule is N#Cc1ccc(Cl)cc1NC(=O)c1cccnc1O[C@H]1CCSC1. The van der Waals surface area contributed by atoms with Gasteiger partial charge in [0.15, 0.2) is 0 Å². The van der Waals surface area contributed by atoms with Crippen molar-refractivity contribution in [2.45, 2.75) is 12.5 Å². The Balaban J connectivity index is 1.83. The molecule has 1 aromatic carbocycles. The minimum Gasteiger partial charge on any atom is -0.473 e. The number of halogens is 1. The number of nitrogens with zero attached hydrogens (tertiary/aromatic N) is 2. The van der Waals surface area contributed by atoms with Crippen LogP contribution in [0.2, 0.25) is 5.02 Å². The maximum atomic E-state index is 12.6. The predicted molar refractivity (Wildman–Crippen MR) is 94.7 cm³/mol. The van der Waals surface area contributed by atoms with Crippen LogP contribution in [0.4, 0.5) is 5.69 Å². The van der Waals surface area contributed by atoms with Gasteiger partial charge in [-0.05, 0) is 42.5 Å². The Morgan fingerprint density at radius 3 is 3.08 bits per heavy atom. The van der Waals surface area contributed by atoms with Gasteiger partial charge in [0.05, 0.1) is 11.3 Å². The lowest BCUT2D eigenvalue weighted by Crippen LogP contribution is -2.20. The molecule has 5 nitrogen and oxygen atoms in total. The fourth-order valence-electron chi connectivity index (χ4n) is 2.33. The fraction of sp³-hybridized carbons (Fsp3) is 0.235. The summed E-state index contributed by atoms with van der Waals surface area (Å²) in [6, 6.07) is 10.1. The van der Waals surface area contributed by atoms with Gasteiger partial charge in [0.2, 0.25) is 5.88 Å². The third kappa shape index (κ3) is 3.81. The lowest BCUT2D eigenvalue weighted by molar-refractivity contribution is 0.101. The summed E-state index contributed by atoms with van der Waals surface area (Å²) < 4.78 is 5.86. The summed E-state index contributed by atoms with van der Waals surface area (Å²) in [6.45, 7) is 0. The highest BCUT2D eigenvalue weighted by Crippen LogP contribution is 2.26. The summed E-state index contributed by atoms with van der Waals surface area (Å²) in [5.41, 5.74) is 1.03. The van der Waals surface area contributed by atoms with Gasteiger partial charge in [0.25, 0.3) is 5.91 Å². The van der Waals surface area contributed by atoms with Crippen molar-refractivity contribution in [3.8, 4) is 11.9 Å². The van der Waals surface area contributed by atoms with E-state index in [0.717, 1.165) is 17.9 Å². The van der Waals surface area contributed by atoms with E-state index < -0.39 is 0 Å². The number of aromatic nitrogens is 1. The van der Waals surface area contributed by atoms with E-state index in [1.807, 2.05) is 17.8 Å². The average Bonchev–Trinajstić information content (AvgIpc) is 3.08. The lowest BCUT2D eigenvalue weighted by Gasteiger charge is -2.15. The number of carbonyl (C=O) groups is 1. The average molecular weight is 360 g/mol. The van der Waals surface area contributed by atoms with E-state index in [2.05, 4.69) is 10.3 Å². The molecular weight excluding hydrogens is 346 g/mol. The summed E-state index contributed by atoms with van der Waals surface area (Å²) in [6.07, 6.45) is 2.60. The molecule has 7 heteroatoms. The molecule has 1 N–H and O–H groups in total. The second-order valence-corrected chi connectivity index (χ2v) is 6.80. The lowest BCUT2D eigenvalue weighted by atomic mass is 10.1. The highest BCUT2D eigenvalue weighted by atomic mass is 35.5. The van der Waals surface area contributed by atoms with Crippen LogP contribution in [0.15, 0.2) is 36.5 Å². The largest absolute Gasteiger partial charge is 0.473 e. The van der Waals surface area contributed by atoms with Crippen LogP contribution in [0.3, 0.4) is 0 Å². The van der Waals surface area contributed by atoms with E-state index in [4.69, 9.17) is 21.6 Å². The van der Waals surface area contributed by atoms with Crippen molar-refractivity contribution in [2.24, 2.45) is 0 Å². The van der Waals surface area contributed by atoms with Crippen molar-refractivity contribution in [3.05, 3.63) is 52.7 Å². The number of anilines is 1. The van der Waals surface area contributed by atoms with Gasteiger partial charge in [0.1, 0.15) is 17.7 Å². The summed E-state index contributed by atoms with van der Waals surface area (Å²) in [5, 5.41) is 12.3. The standard InChI is InChI=1S/C17H14ClN3O2S/c18-12-4-3-11(9-19)15(8-12)21-16(22)14-2-1-6-20-17(14)23-13-5-7-24-10-13/h1-4,6,8,13H,5,7,10H2,(H,21,22)/t13-/m0/s1. The molecule has 24 heavy (non-hydrogen) atoms. The second kappa shape index (κ2) is 7.56. The maximum absolute atomic E-state index is 12.6. The van der Waals surface area contributed by atoms with Crippen molar-refractivity contribution in [3.63, 3.8) is 0 Å². The fourth-order valence-corrected chi connectivity index (χ4v) is 3.59. The Morgan fingerprint density at radius 2 is 2.33 bits per heavy atom. The first-order valence-corrected chi connectivity index (χ1v) is 8.91. The molecule has 3 rings (SSSR count). The Bertz CT molecular complexity index is 801. The summed E-state index contributed by atoms with van der Waals surface area (Å²) >= 11 is 7.77. The quantitative estimate of drug-likeness (QED) is 0.899. The molecule has 1 amide bonds. The molecule has 1 atom stereocenters. The van der Waals surface area contributed by atoms with Gasteiger partial charge >= 0.3 is 0 Å². The van der Waals surface area contributed by atoms with E-state index in [9.17, 15) is 4.79 Å². The molecule has 0 spiro atoms. The number of benzene rings is 1. The van der Waals surface area contributed by atoms with Crippen molar-refractivity contribution in [1.82, 2.24) is 4.98 Å². The predicted octanol–water partition coefficient (Wildman–Crippen LogP) is 3.74. The Hall–Kier alpha value is -2.23. The van der Waals surface area contributed by atoms with Crippen LogP contribution in [0.25, 0.3) is 0 Å². The zero-order valence-corrected chi connectivity index (χ0v) is 14.2. The molecule has 0 radical (unpaired) electrons. The minimum atomic E-state index is -0.387. The molecule has 0 saturated carbocycles. The van der Waals surface area contributed by atoms with E-state index in [0.29, 0.717) is 27.7 Å². The molecule has 122 valence electrons. The number of pyridine rings is 1. The topological polar surface area (TPSA) is 75.0 Å². The zero-order chi connectivity index (χ0) is 16.9. The molecule has 0 unspecified atom stereocenters. The summed E-state index contributed by atoms with van der Waals surface area (Å²) in [5.74, 6) is 1.86. The van der Waals surface area contributed by atoms with E-state index >= 15 is 0 Å². The van der Waals surface area contributed by atoms with Gasteiger partial charge in [-0.25, -0.2) is 4.98 Å². The van der Waals surface area contributed by atoms with Crippen molar-refractivity contribution >= 4 is 35.0 Å². The number of nitrogens with one attached hydrogen (secondary N) is 1. The molecular formula is C17H14ClN3O2S. The van der Waals surface area contributed by atoms with Gasteiger partial charge in [-0.3, -0.25) is 4.79 Å². The van der Waals surface area contributed by atoms with Gasteiger partial charge in [0, 0.05) is 17.0 Å². The van der Waals surface area contributed by atoms with Crippen LogP contribution in [-0.2, 0) is 0 Å². The molecule has 1 saturated heterocycles. The maximum Gasteiger partial charge on any atom is 0.261 e. The van der Waals surface area contributed by atoms with Crippen LogP contribution in [0.5, 0.6) is 5.88 Å². The Morgan fingerprint density at radius 1 is 1.46 bits per heavy atom. The minimum absolute atomic E-state index is 0.0669. The summed E-state index contributed by atoms with van der Waals surface area (Å²) in [4.78, 5) is 16.8. The monoisotopic (exact) mass is 359 g/mol. The molecule has 2 heterocycles. The van der Waals surface area contributed by atoms with E-state index in [1.165, 1.54) is 0 Å². The van der Waals surface area contributed by atoms with E-state index in [-0.39, 0.29) is 12.0 Å². The van der Waals surface area contributed by atoms with Crippen LogP contribution in [0.1, 0.15) is 22.3 Å². The highest BCUT2D eigenvalue weighted by molar-refractivity contribution is 7.99. The molecule has 1 fully saturated rings. The smallest absolute Gasteiger partial charge is 0.261 e. The first kappa shape index (κ1) is 16.6. The highest BCUT2D eigenvalue weighted by Gasteiger charge is 2.21. The molecule has 1 aliphatic rings. The zero-order valence-electron chi connectivity index (χ0n) is 12.7. The number of hydrogen-bond donors (Lipinski definition) is 1. The number of thioether (sulfide) groups is 1. The van der Waals surface area contributed by atoms with E-state index in [1.54, 1.807) is 36.5 Å². The number of carbonyl (C=O) groups excluding carboxylic acids is 1. The number of rotatable bonds is 4. The third-order valence-corrected chi connectivity index (χ3v) is 4.90. The third-order valence-electron chi connectivity index (χ3n) is 3.53. The van der Waals surface area contributed by atoms with Crippen molar-refractivity contribution in [2.75, 3.05) is 16.8 Å². The number of ether oxygens (including phenoxy) is 1. The molecule has 2 aromatic rings.